The van der Waals surface area contributed by atoms with Crippen molar-refractivity contribution in [2.24, 2.45) is 5.92 Å². The Morgan fingerprint density at radius 3 is 2.80 bits per heavy atom. The second-order valence-electron chi connectivity index (χ2n) is 5.56. The molecule has 3 nitrogen and oxygen atoms in total. The number of nitrogens with one attached hydrogen (secondary N) is 1. The number of aromatic hydroxyl groups is 1. The van der Waals surface area contributed by atoms with E-state index in [9.17, 15) is 5.11 Å². The number of benzene rings is 1. The summed E-state index contributed by atoms with van der Waals surface area (Å²) in [7, 11) is 0. The van der Waals surface area contributed by atoms with Crippen molar-refractivity contribution in [1.29, 1.82) is 0 Å². The Bertz CT molecular complexity index is 594. The highest BCUT2D eigenvalue weighted by atomic mass is 35.5. The number of hydrogen-bond donors (Lipinski definition) is 2. The Labute approximate surface area is 124 Å². The van der Waals surface area contributed by atoms with E-state index in [2.05, 4.69) is 10.3 Å². The van der Waals surface area contributed by atoms with Crippen molar-refractivity contribution in [3.05, 3.63) is 30.5 Å². The largest absolute Gasteiger partial charge is 0.508 e. The lowest BCUT2D eigenvalue weighted by Gasteiger charge is -2.25. The van der Waals surface area contributed by atoms with E-state index in [4.69, 9.17) is 11.6 Å². The lowest BCUT2D eigenvalue weighted by Crippen LogP contribution is -2.21. The predicted molar refractivity (Wildman–Crippen MR) is 83.5 cm³/mol. The highest BCUT2D eigenvalue weighted by molar-refractivity contribution is 6.20. The Hall–Kier alpha value is -1.48. The number of phenols is 1. The van der Waals surface area contributed by atoms with Gasteiger partial charge in [0.2, 0.25) is 0 Å². The molecule has 2 N–H and O–H groups in total. The van der Waals surface area contributed by atoms with Gasteiger partial charge < -0.3 is 10.4 Å². The van der Waals surface area contributed by atoms with Gasteiger partial charge in [0.25, 0.3) is 0 Å². The number of anilines is 1. The summed E-state index contributed by atoms with van der Waals surface area (Å²) in [6.07, 6.45) is 6.38. The van der Waals surface area contributed by atoms with Crippen LogP contribution in [0.2, 0.25) is 0 Å². The molecule has 1 saturated carbocycles. The minimum Gasteiger partial charge on any atom is -0.508 e. The van der Waals surface area contributed by atoms with Crippen LogP contribution in [-0.4, -0.2) is 22.0 Å². The highest BCUT2D eigenvalue weighted by Gasteiger charge is 2.19. The summed E-state index contributed by atoms with van der Waals surface area (Å²) >= 11 is 6.13. The fourth-order valence-electron chi connectivity index (χ4n) is 2.86. The van der Waals surface area contributed by atoms with Crippen LogP contribution in [0.15, 0.2) is 30.5 Å². The lowest BCUT2D eigenvalue weighted by molar-refractivity contribution is 0.378. The summed E-state index contributed by atoms with van der Waals surface area (Å²) in [5.41, 5.74) is 0. The molecule has 1 aromatic carbocycles. The van der Waals surface area contributed by atoms with Gasteiger partial charge in [0.1, 0.15) is 11.6 Å². The summed E-state index contributed by atoms with van der Waals surface area (Å²) in [6.45, 7) is 0.922. The standard InChI is InChI=1S/C16H19ClN2O/c17-13-4-1-11(2-5-13)10-19-16-15-9-14(20)6-3-12(15)7-8-18-16/h3,6-9,11,13,20H,1-2,4-5,10H2,(H,18,19). The average molecular weight is 291 g/mol. The molecule has 0 aliphatic heterocycles. The van der Waals surface area contributed by atoms with E-state index < -0.39 is 0 Å². The maximum atomic E-state index is 9.63. The Morgan fingerprint density at radius 1 is 1.20 bits per heavy atom. The summed E-state index contributed by atoms with van der Waals surface area (Å²) < 4.78 is 0. The van der Waals surface area contributed by atoms with Crippen LogP contribution in [0.5, 0.6) is 5.75 Å². The topological polar surface area (TPSA) is 45.2 Å². The molecule has 0 radical (unpaired) electrons. The van der Waals surface area contributed by atoms with E-state index in [0.29, 0.717) is 11.3 Å². The Morgan fingerprint density at radius 2 is 2.00 bits per heavy atom. The zero-order valence-electron chi connectivity index (χ0n) is 11.3. The first-order valence-corrected chi connectivity index (χ1v) is 7.61. The summed E-state index contributed by atoms with van der Waals surface area (Å²) in [4.78, 5) is 4.40. The molecule has 4 heteroatoms. The molecule has 0 spiro atoms. The highest BCUT2D eigenvalue weighted by Crippen LogP contribution is 2.29. The molecule has 0 unspecified atom stereocenters. The minimum atomic E-state index is 0.274. The van der Waals surface area contributed by atoms with Crippen molar-refractivity contribution >= 4 is 28.2 Å². The number of fused-ring (bicyclic) bond motifs is 1. The van der Waals surface area contributed by atoms with Crippen LogP contribution >= 0.6 is 11.6 Å². The van der Waals surface area contributed by atoms with Crippen LogP contribution in [0.4, 0.5) is 5.82 Å². The lowest BCUT2D eigenvalue weighted by atomic mass is 9.89. The van der Waals surface area contributed by atoms with Crippen molar-refractivity contribution in [3.63, 3.8) is 0 Å². The van der Waals surface area contributed by atoms with E-state index in [0.717, 1.165) is 36.0 Å². The maximum Gasteiger partial charge on any atom is 0.133 e. The molecule has 1 heterocycles. The van der Waals surface area contributed by atoms with Crippen LogP contribution in [0.3, 0.4) is 0 Å². The average Bonchev–Trinajstić information content (AvgIpc) is 2.47. The van der Waals surface area contributed by atoms with Gasteiger partial charge in [-0.25, -0.2) is 4.98 Å². The number of nitrogens with zero attached hydrogens (tertiary/aromatic N) is 1. The Balaban J connectivity index is 1.72. The van der Waals surface area contributed by atoms with Gasteiger partial charge in [-0.1, -0.05) is 6.07 Å². The number of halogens is 1. The molecular formula is C16H19ClN2O. The molecule has 1 aliphatic rings. The quantitative estimate of drug-likeness (QED) is 0.835. The smallest absolute Gasteiger partial charge is 0.133 e. The molecule has 3 rings (SSSR count). The SMILES string of the molecule is Oc1ccc2ccnc(NCC3CCC(Cl)CC3)c2c1. The zero-order chi connectivity index (χ0) is 13.9. The summed E-state index contributed by atoms with van der Waals surface area (Å²) in [5.74, 6) is 1.79. The first-order valence-electron chi connectivity index (χ1n) is 7.18. The molecule has 0 atom stereocenters. The first kappa shape index (κ1) is 13.5. The monoisotopic (exact) mass is 290 g/mol. The third kappa shape index (κ3) is 2.98. The number of rotatable bonds is 3. The van der Waals surface area contributed by atoms with Crippen LogP contribution in [-0.2, 0) is 0 Å². The van der Waals surface area contributed by atoms with Crippen LogP contribution < -0.4 is 5.32 Å². The number of aromatic nitrogens is 1. The first-order chi connectivity index (χ1) is 9.72. The number of pyridine rings is 1. The number of hydrogen-bond acceptors (Lipinski definition) is 3. The predicted octanol–water partition coefficient (Wildman–Crippen LogP) is 4.15. The summed E-state index contributed by atoms with van der Waals surface area (Å²) in [5, 5.41) is 15.5. The number of alkyl halides is 1. The third-order valence-corrected chi connectivity index (χ3v) is 4.52. The van der Waals surface area contributed by atoms with Gasteiger partial charge in [-0.2, -0.15) is 0 Å². The van der Waals surface area contributed by atoms with Gasteiger partial charge in [0.05, 0.1) is 0 Å². The van der Waals surface area contributed by atoms with Crippen LogP contribution in [0.25, 0.3) is 10.8 Å². The molecule has 0 amide bonds. The molecule has 20 heavy (non-hydrogen) atoms. The van der Waals surface area contributed by atoms with Crippen molar-refractivity contribution < 1.29 is 5.11 Å². The van der Waals surface area contributed by atoms with Crippen molar-refractivity contribution in [2.45, 2.75) is 31.1 Å². The van der Waals surface area contributed by atoms with Gasteiger partial charge in [-0.15, -0.1) is 11.6 Å². The summed E-state index contributed by atoms with van der Waals surface area (Å²) in [6, 6.07) is 7.34. The van der Waals surface area contributed by atoms with E-state index >= 15 is 0 Å². The molecule has 0 saturated heterocycles. The van der Waals surface area contributed by atoms with E-state index in [-0.39, 0.29) is 5.75 Å². The Kier molecular flexibility index (Phi) is 3.97. The second kappa shape index (κ2) is 5.88. The van der Waals surface area contributed by atoms with Crippen molar-refractivity contribution in [2.75, 3.05) is 11.9 Å². The molecule has 2 aromatic rings. The minimum absolute atomic E-state index is 0.274. The normalized spacial score (nSPS) is 22.9. The molecule has 0 bridgehead atoms. The zero-order valence-corrected chi connectivity index (χ0v) is 12.1. The van der Waals surface area contributed by atoms with Gasteiger partial charge >= 0.3 is 0 Å². The fourth-order valence-corrected chi connectivity index (χ4v) is 3.12. The molecule has 1 aromatic heterocycles. The second-order valence-corrected chi connectivity index (χ2v) is 6.18. The van der Waals surface area contributed by atoms with Gasteiger partial charge in [0, 0.05) is 23.5 Å². The van der Waals surface area contributed by atoms with Gasteiger partial charge in [0.15, 0.2) is 0 Å². The molecule has 1 fully saturated rings. The van der Waals surface area contributed by atoms with Gasteiger partial charge in [-0.05, 0) is 55.2 Å². The van der Waals surface area contributed by atoms with Gasteiger partial charge in [-0.3, -0.25) is 0 Å². The third-order valence-electron chi connectivity index (χ3n) is 4.08. The van der Waals surface area contributed by atoms with E-state index in [1.165, 1.54) is 12.8 Å². The van der Waals surface area contributed by atoms with E-state index in [1.807, 2.05) is 12.1 Å². The van der Waals surface area contributed by atoms with Crippen LogP contribution in [0.1, 0.15) is 25.7 Å². The van der Waals surface area contributed by atoms with E-state index in [1.54, 1.807) is 18.3 Å². The molecular weight excluding hydrogens is 272 g/mol. The molecule has 1 aliphatic carbocycles. The van der Waals surface area contributed by atoms with Crippen LogP contribution in [0, 0.1) is 5.92 Å². The van der Waals surface area contributed by atoms with Crippen molar-refractivity contribution in [3.8, 4) is 5.75 Å². The maximum absolute atomic E-state index is 9.63. The molecule has 106 valence electrons. The fraction of sp³-hybridized carbons (Fsp3) is 0.438. The van der Waals surface area contributed by atoms with Crippen molar-refractivity contribution in [1.82, 2.24) is 4.98 Å². The number of phenolic OH excluding ortho intramolecular Hbond substituents is 1.